The highest BCUT2D eigenvalue weighted by molar-refractivity contribution is 5.90. The van der Waals surface area contributed by atoms with Crippen LogP contribution in [0.4, 0.5) is 34.1 Å². The molecule has 0 heterocycles. The van der Waals surface area contributed by atoms with Gasteiger partial charge in [-0.3, -0.25) is 0 Å². The van der Waals surface area contributed by atoms with Gasteiger partial charge < -0.3 is 9.80 Å². The number of para-hydroxylation sites is 3. The predicted molar refractivity (Wildman–Crippen MR) is 217 cm³/mol. The molecule has 1 aliphatic rings. The molecule has 7 aromatic rings. The van der Waals surface area contributed by atoms with Crippen LogP contribution in [0, 0.1) is 0 Å². The van der Waals surface area contributed by atoms with Gasteiger partial charge in [0.1, 0.15) is 0 Å². The quantitative estimate of drug-likeness (QED) is 0.152. The van der Waals surface area contributed by atoms with E-state index in [-0.39, 0.29) is 10.8 Å². The van der Waals surface area contributed by atoms with E-state index in [4.69, 9.17) is 0 Å². The van der Waals surface area contributed by atoms with E-state index in [0.29, 0.717) is 0 Å². The fourth-order valence-electron chi connectivity index (χ4n) is 8.06. The van der Waals surface area contributed by atoms with Gasteiger partial charge >= 0.3 is 0 Å². The normalized spacial score (nSPS) is 14.8. The van der Waals surface area contributed by atoms with Gasteiger partial charge in [-0.15, -0.1) is 0 Å². The number of nitrogens with zero attached hydrogens (tertiary/aromatic N) is 2. The van der Waals surface area contributed by atoms with E-state index in [2.05, 4.69) is 219 Å². The van der Waals surface area contributed by atoms with Crippen molar-refractivity contribution in [2.24, 2.45) is 0 Å². The van der Waals surface area contributed by atoms with Gasteiger partial charge in [-0.1, -0.05) is 143 Å². The summed E-state index contributed by atoms with van der Waals surface area (Å²) in [6.45, 7) is 9.39. The maximum absolute atomic E-state index is 2.45. The molecule has 0 radical (unpaired) electrons. The third kappa shape index (κ3) is 5.62. The SMILES string of the molecule is CCC1(C)c2ccccc2-c2cccc(N(c3ccccc3)c3ccc(C(C)(C)c4ccc(N(c5ccccc5)c5ccccc5)cc4)cc3)c21. The van der Waals surface area contributed by atoms with Gasteiger partial charge in [0.15, 0.2) is 0 Å². The van der Waals surface area contributed by atoms with Crippen LogP contribution in [0.5, 0.6) is 0 Å². The van der Waals surface area contributed by atoms with Crippen molar-refractivity contribution in [1.82, 2.24) is 0 Å². The second-order valence-corrected chi connectivity index (χ2v) is 14.3. The van der Waals surface area contributed by atoms with Crippen molar-refractivity contribution >= 4 is 34.1 Å². The number of benzene rings is 7. The van der Waals surface area contributed by atoms with Crippen LogP contribution in [0.15, 0.2) is 182 Å². The van der Waals surface area contributed by atoms with E-state index >= 15 is 0 Å². The lowest BCUT2D eigenvalue weighted by molar-refractivity contribution is 0.565. The van der Waals surface area contributed by atoms with Crippen LogP contribution in [0.1, 0.15) is 56.4 Å². The van der Waals surface area contributed by atoms with Crippen LogP contribution in [-0.4, -0.2) is 0 Å². The molecule has 2 heteroatoms. The smallest absolute Gasteiger partial charge is 0.0508 e. The molecule has 1 unspecified atom stereocenters. The second kappa shape index (κ2) is 13.1. The molecule has 0 aromatic heterocycles. The predicted octanol–water partition coefficient (Wildman–Crippen LogP) is 13.6. The summed E-state index contributed by atoms with van der Waals surface area (Å²) in [5.41, 5.74) is 14.8. The average molecular weight is 661 g/mol. The number of hydrogen-bond acceptors (Lipinski definition) is 2. The summed E-state index contributed by atoms with van der Waals surface area (Å²) in [5.74, 6) is 0. The Kier molecular flexibility index (Phi) is 8.32. The first-order valence-corrected chi connectivity index (χ1v) is 18.1. The van der Waals surface area contributed by atoms with Crippen molar-refractivity contribution < 1.29 is 0 Å². The van der Waals surface area contributed by atoms with E-state index in [1.54, 1.807) is 0 Å². The molecule has 0 saturated heterocycles. The summed E-state index contributed by atoms with van der Waals surface area (Å²) in [6, 6.07) is 66.1. The zero-order valence-electron chi connectivity index (χ0n) is 29.9. The van der Waals surface area contributed by atoms with Crippen LogP contribution in [-0.2, 0) is 10.8 Å². The molecule has 0 saturated carbocycles. The highest BCUT2D eigenvalue weighted by Crippen LogP contribution is 2.55. The van der Waals surface area contributed by atoms with Crippen molar-refractivity contribution in [2.75, 3.05) is 9.80 Å². The lowest BCUT2D eigenvalue weighted by Gasteiger charge is -2.34. The van der Waals surface area contributed by atoms with Gasteiger partial charge in [-0.05, 0) is 107 Å². The summed E-state index contributed by atoms with van der Waals surface area (Å²) in [7, 11) is 0. The number of fused-ring (bicyclic) bond motifs is 3. The Hall–Kier alpha value is -5.86. The molecule has 1 atom stereocenters. The Morgan fingerprint density at radius 2 is 0.843 bits per heavy atom. The number of rotatable bonds is 9. The standard InChI is InChI=1S/C49H44N2/c1-5-49(4)45-26-16-15-24-43(45)44-25-17-27-46(47(44)49)51(40-22-13-8-14-23-40)42-34-30-37(31-35-42)48(2,3)36-28-32-41(33-29-36)50(38-18-9-6-10-19-38)39-20-11-7-12-21-39/h6-35H,5H2,1-4H3. The largest absolute Gasteiger partial charge is 0.311 e. The second-order valence-electron chi connectivity index (χ2n) is 14.3. The molecular weight excluding hydrogens is 617 g/mol. The van der Waals surface area contributed by atoms with Crippen LogP contribution >= 0.6 is 0 Å². The summed E-state index contributed by atoms with van der Waals surface area (Å²) in [6.07, 6.45) is 1.02. The van der Waals surface area contributed by atoms with E-state index in [0.717, 1.165) is 34.9 Å². The van der Waals surface area contributed by atoms with Crippen molar-refractivity contribution in [3.8, 4) is 11.1 Å². The minimum absolute atomic E-state index is 0.0831. The summed E-state index contributed by atoms with van der Waals surface area (Å²) in [4.78, 5) is 4.76. The highest BCUT2D eigenvalue weighted by atomic mass is 15.1. The molecule has 0 spiro atoms. The fourth-order valence-corrected chi connectivity index (χ4v) is 8.06. The van der Waals surface area contributed by atoms with Crippen LogP contribution < -0.4 is 9.80 Å². The van der Waals surface area contributed by atoms with Gasteiger partial charge in [0.2, 0.25) is 0 Å². The third-order valence-corrected chi connectivity index (χ3v) is 11.1. The molecule has 0 fully saturated rings. The Bertz CT molecular complexity index is 2220. The van der Waals surface area contributed by atoms with Crippen molar-refractivity contribution in [3.63, 3.8) is 0 Å². The van der Waals surface area contributed by atoms with Crippen molar-refractivity contribution in [2.45, 2.75) is 44.9 Å². The monoisotopic (exact) mass is 660 g/mol. The first kappa shape index (κ1) is 32.4. The fraction of sp³-hybridized carbons (Fsp3) is 0.143. The molecule has 1 aliphatic carbocycles. The first-order valence-electron chi connectivity index (χ1n) is 18.1. The van der Waals surface area contributed by atoms with Gasteiger partial charge in [0.25, 0.3) is 0 Å². The summed E-state index contributed by atoms with van der Waals surface area (Å²) < 4.78 is 0. The first-order chi connectivity index (χ1) is 24.9. The number of anilines is 6. The summed E-state index contributed by atoms with van der Waals surface area (Å²) in [5, 5.41) is 0. The van der Waals surface area contributed by atoms with E-state index in [1.807, 2.05) is 0 Å². The van der Waals surface area contributed by atoms with Crippen molar-refractivity contribution in [3.05, 3.63) is 204 Å². The zero-order chi connectivity index (χ0) is 35.0. The molecule has 7 aromatic carbocycles. The third-order valence-electron chi connectivity index (χ3n) is 11.1. The van der Waals surface area contributed by atoms with E-state index in [9.17, 15) is 0 Å². The molecule has 0 N–H and O–H groups in total. The highest BCUT2D eigenvalue weighted by Gasteiger charge is 2.41. The Balaban J connectivity index is 1.16. The van der Waals surface area contributed by atoms with Crippen LogP contribution in [0.2, 0.25) is 0 Å². The van der Waals surface area contributed by atoms with Gasteiger partial charge in [0.05, 0.1) is 5.69 Å². The van der Waals surface area contributed by atoms with Crippen molar-refractivity contribution in [1.29, 1.82) is 0 Å². The zero-order valence-corrected chi connectivity index (χ0v) is 29.9. The molecule has 8 rings (SSSR count). The maximum atomic E-state index is 2.45. The van der Waals surface area contributed by atoms with Crippen LogP contribution in [0.3, 0.4) is 0 Å². The minimum atomic E-state index is -0.199. The Morgan fingerprint density at radius 3 is 1.35 bits per heavy atom. The Labute approximate surface area is 303 Å². The molecule has 51 heavy (non-hydrogen) atoms. The maximum Gasteiger partial charge on any atom is 0.0508 e. The molecule has 0 amide bonds. The van der Waals surface area contributed by atoms with E-state index < -0.39 is 0 Å². The van der Waals surface area contributed by atoms with Crippen LogP contribution in [0.25, 0.3) is 11.1 Å². The molecular formula is C49H44N2. The average Bonchev–Trinajstić information content (AvgIpc) is 3.45. The van der Waals surface area contributed by atoms with Gasteiger partial charge in [-0.2, -0.15) is 0 Å². The van der Waals surface area contributed by atoms with E-state index in [1.165, 1.54) is 39.1 Å². The number of hydrogen-bond donors (Lipinski definition) is 0. The lowest BCUT2D eigenvalue weighted by atomic mass is 9.77. The summed E-state index contributed by atoms with van der Waals surface area (Å²) >= 11 is 0. The topological polar surface area (TPSA) is 6.48 Å². The molecule has 250 valence electrons. The lowest BCUT2D eigenvalue weighted by Crippen LogP contribution is -2.23. The van der Waals surface area contributed by atoms with Gasteiger partial charge in [0, 0.05) is 39.3 Å². The van der Waals surface area contributed by atoms with Gasteiger partial charge in [-0.25, -0.2) is 0 Å². The molecule has 0 bridgehead atoms. The molecule has 2 nitrogen and oxygen atoms in total. The minimum Gasteiger partial charge on any atom is -0.311 e. The molecule has 0 aliphatic heterocycles. The Morgan fingerprint density at radius 1 is 0.431 bits per heavy atom.